The van der Waals surface area contributed by atoms with Crippen molar-refractivity contribution in [2.45, 2.75) is 32.2 Å². The SMILES string of the molecule is Cc1csc(C2CCCCN2)c1Cl. The van der Waals surface area contributed by atoms with E-state index in [4.69, 9.17) is 11.6 Å². The first-order chi connectivity index (χ1) is 6.29. The van der Waals surface area contributed by atoms with Crippen LogP contribution in [0.25, 0.3) is 0 Å². The number of halogens is 1. The maximum absolute atomic E-state index is 6.21. The second-order valence-corrected chi connectivity index (χ2v) is 4.89. The molecule has 3 heteroatoms. The van der Waals surface area contributed by atoms with Gasteiger partial charge >= 0.3 is 0 Å². The van der Waals surface area contributed by atoms with Crippen molar-refractivity contribution in [1.29, 1.82) is 0 Å². The van der Waals surface area contributed by atoms with Crippen molar-refractivity contribution in [3.63, 3.8) is 0 Å². The minimum atomic E-state index is 0.514. The summed E-state index contributed by atoms with van der Waals surface area (Å²) in [7, 11) is 0. The Balaban J connectivity index is 2.18. The molecule has 13 heavy (non-hydrogen) atoms. The third kappa shape index (κ3) is 1.90. The van der Waals surface area contributed by atoms with Crippen LogP contribution in [-0.4, -0.2) is 6.54 Å². The van der Waals surface area contributed by atoms with Crippen LogP contribution < -0.4 is 5.32 Å². The molecule has 1 unspecified atom stereocenters. The highest BCUT2D eigenvalue weighted by atomic mass is 35.5. The van der Waals surface area contributed by atoms with Crippen molar-refractivity contribution >= 4 is 22.9 Å². The predicted molar refractivity (Wildman–Crippen MR) is 58.7 cm³/mol. The van der Waals surface area contributed by atoms with Gasteiger partial charge in [0.1, 0.15) is 0 Å². The van der Waals surface area contributed by atoms with E-state index in [0.29, 0.717) is 6.04 Å². The van der Waals surface area contributed by atoms with Crippen molar-refractivity contribution in [2.24, 2.45) is 0 Å². The van der Waals surface area contributed by atoms with Crippen LogP contribution in [0.4, 0.5) is 0 Å². The minimum absolute atomic E-state index is 0.514. The van der Waals surface area contributed by atoms with Crippen LogP contribution >= 0.6 is 22.9 Å². The fourth-order valence-electron chi connectivity index (χ4n) is 1.76. The number of rotatable bonds is 1. The average molecular weight is 216 g/mol. The smallest absolute Gasteiger partial charge is 0.0590 e. The molecule has 1 aromatic heterocycles. The van der Waals surface area contributed by atoms with Gasteiger partial charge < -0.3 is 5.32 Å². The number of thiophene rings is 1. The lowest BCUT2D eigenvalue weighted by Crippen LogP contribution is -2.26. The molecule has 1 fully saturated rings. The van der Waals surface area contributed by atoms with Gasteiger partial charge in [-0.1, -0.05) is 18.0 Å². The fourth-order valence-corrected chi connectivity index (χ4v) is 3.20. The van der Waals surface area contributed by atoms with E-state index >= 15 is 0 Å². The standard InChI is InChI=1S/C10H14ClNS/c1-7-6-13-10(9(7)11)8-4-2-3-5-12-8/h6,8,12H,2-5H2,1H3. The second-order valence-electron chi connectivity index (χ2n) is 3.60. The van der Waals surface area contributed by atoms with Gasteiger partial charge in [0.15, 0.2) is 0 Å². The summed E-state index contributed by atoms with van der Waals surface area (Å²) >= 11 is 8.00. The van der Waals surface area contributed by atoms with E-state index in [9.17, 15) is 0 Å². The predicted octanol–water partition coefficient (Wildman–Crippen LogP) is 3.52. The van der Waals surface area contributed by atoms with Crippen molar-refractivity contribution in [3.8, 4) is 0 Å². The third-order valence-electron chi connectivity index (χ3n) is 2.55. The van der Waals surface area contributed by atoms with E-state index in [1.165, 1.54) is 29.7 Å². The lowest BCUT2D eigenvalue weighted by atomic mass is 10.0. The first kappa shape index (κ1) is 9.50. The molecule has 0 saturated carbocycles. The van der Waals surface area contributed by atoms with E-state index in [0.717, 1.165) is 11.6 Å². The van der Waals surface area contributed by atoms with Gasteiger partial charge in [-0.25, -0.2) is 0 Å². The molecule has 0 bridgehead atoms. The van der Waals surface area contributed by atoms with Gasteiger partial charge in [0, 0.05) is 10.9 Å². The lowest BCUT2D eigenvalue weighted by molar-refractivity contribution is 0.417. The summed E-state index contributed by atoms with van der Waals surface area (Å²) in [6, 6.07) is 0.514. The first-order valence-corrected chi connectivity index (χ1v) is 6.01. The zero-order valence-corrected chi connectivity index (χ0v) is 9.34. The second kappa shape index (κ2) is 3.99. The molecule has 0 aromatic carbocycles. The van der Waals surface area contributed by atoms with Crippen LogP contribution in [0.2, 0.25) is 5.02 Å². The lowest BCUT2D eigenvalue weighted by Gasteiger charge is -2.22. The Bertz CT molecular complexity index is 289. The highest BCUT2D eigenvalue weighted by Crippen LogP contribution is 2.35. The van der Waals surface area contributed by atoms with E-state index in [-0.39, 0.29) is 0 Å². The summed E-state index contributed by atoms with van der Waals surface area (Å²) in [6.07, 6.45) is 3.86. The maximum Gasteiger partial charge on any atom is 0.0590 e. The van der Waals surface area contributed by atoms with E-state index in [1.807, 2.05) is 0 Å². The molecule has 0 spiro atoms. The van der Waals surface area contributed by atoms with Gasteiger partial charge in [-0.05, 0) is 37.3 Å². The molecular weight excluding hydrogens is 202 g/mol. The molecule has 1 aliphatic heterocycles. The molecule has 2 rings (SSSR count). The van der Waals surface area contributed by atoms with Crippen LogP contribution in [0.15, 0.2) is 5.38 Å². The van der Waals surface area contributed by atoms with Gasteiger partial charge in [0.25, 0.3) is 0 Å². The molecule has 0 amide bonds. The Labute approximate surface area is 88.1 Å². The van der Waals surface area contributed by atoms with Crippen LogP contribution in [-0.2, 0) is 0 Å². The number of hydrogen-bond donors (Lipinski definition) is 1. The normalized spacial score (nSPS) is 23.4. The van der Waals surface area contributed by atoms with Gasteiger partial charge in [-0.2, -0.15) is 0 Å². The third-order valence-corrected chi connectivity index (χ3v) is 4.38. The Morgan fingerprint density at radius 1 is 1.54 bits per heavy atom. The topological polar surface area (TPSA) is 12.0 Å². The number of nitrogens with one attached hydrogen (secondary N) is 1. The molecule has 1 saturated heterocycles. The Hall–Kier alpha value is -0.0500. The zero-order valence-electron chi connectivity index (χ0n) is 7.77. The van der Waals surface area contributed by atoms with Gasteiger partial charge in [0.2, 0.25) is 0 Å². The highest BCUT2D eigenvalue weighted by molar-refractivity contribution is 7.10. The van der Waals surface area contributed by atoms with Crippen LogP contribution in [0.1, 0.15) is 35.7 Å². The molecule has 1 aliphatic rings. The molecule has 1 atom stereocenters. The molecular formula is C10H14ClNS. The molecule has 1 nitrogen and oxygen atoms in total. The largest absolute Gasteiger partial charge is 0.309 e. The summed E-state index contributed by atoms with van der Waals surface area (Å²) < 4.78 is 0. The molecule has 1 N–H and O–H groups in total. The number of piperidine rings is 1. The van der Waals surface area contributed by atoms with E-state index in [2.05, 4.69) is 17.6 Å². The Morgan fingerprint density at radius 3 is 2.92 bits per heavy atom. The van der Waals surface area contributed by atoms with Crippen molar-refractivity contribution in [2.75, 3.05) is 6.54 Å². The number of aryl methyl sites for hydroxylation is 1. The molecule has 2 heterocycles. The van der Waals surface area contributed by atoms with Crippen LogP contribution in [0.5, 0.6) is 0 Å². The van der Waals surface area contributed by atoms with Gasteiger partial charge in [-0.3, -0.25) is 0 Å². The highest BCUT2D eigenvalue weighted by Gasteiger charge is 2.19. The van der Waals surface area contributed by atoms with E-state index in [1.54, 1.807) is 11.3 Å². The van der Waals surface area contributed by atoms with Gasteiger partial charge in [0.05, 0.1) is 5.02 Å². The van der Waals surface area contributed by atoms with E-state index < -0.39 is 0 Å². The molecule has 0 aliphatic carbocycles. The van der Waals surface area contributed by atoms with Crippen molar-refractivity contribution in [1.82, 2.24) is 5.32 Å². The Morgan fingerprint density at radius 2 is 2.38 bits per heavy atom. The van der Waals surface area contributed by atoms with Crippen molar-refractivity contribution in [3.05, 3.63) is 20.8 Å². The van der Waals surface area contributed by atoms with Crippen LogP contribution in [0, 0.1) is 6.92 Å². The summed E-state index contributed by atoms with van der Waals surface area (Å²) in [6.45, 7) is 3.21. The maximum atomic E-state index is 6.21. The zero-order chi connectivity index (χ0) is 9.26. The molecule has 1 aromatic rings. The summed E-state index contributed by atoms with van der Waals surface area (Å²) in [4.78, 5) is 1.33. The van der Waals surface area contributed by atoms with Crippen LogP contribution in [0.3, 0.4) is 0 Å². The van der Waals surface area contributed by atoms with Crippen molar-refractivity contribution < 1.29 is 0 Å². The monoisotopic (exact) mass is 215 g/mol. The quantitative estimate of drug-likeness (QED) is 0.756. The summed E-state index contributed by atoms with van der Waals surface area (Å²) in [5, 5.41) is 6.64. The number of hydrogen-bond acceptors (Lipinski definition) is 2. The fraction of sp³-hybridized carbons (Fsp3) is 0.600. The molecule has 0 radical (unpaired) electrons. The average Bonchev–Trinajstić information content (AvgIpc) is 2.49. The van der Waals surface area contributed by atoms with Gasteiger partial charge in [-0.15, -0.1) is 11.3 Å². The minimum Gasteiger partial charge on any atom is -0.309 e. The Kier molecular flexibility index (Phi) is 2.92. The summed E-state index contributed by atoms with van der Waals surface area (Å²) in [5.41, 5.74) is 1.22. The summed E-state index contributed by atoms with van der Waals surface area (Å²) in [5.74, 6) is 0. The molecule has 72 valence electrons. The first-order valence-electron chi connectivity index (χ1n) is 4.76.